The predicted molar refractivity (Wildman–Crippen MR) is 96.2 cm³/mol. The quantitative estimate of drug-likeness (QED) is 0.445. The second-order valence-corrected chi connectivity index (χ2v) is 5.65. The number of hydrogen-bond donors (Lipinski definition) is 0. The fourth-order valence-corrected chi connectivity index (χ4v) is 2.43. The molecule has 0 aliphatic rings. The van der Waals surface area contributed by atoms with Crippen LogP contribution in [0, 0.1) is 6.92 Å². The van der Waals surface area contributed by atoms with Gasteiger partial charge >= 0.3 is 7.47 Å². The number of halogens is 2. The molecule has 0 fully saturated rings. The van der Waals surface area contributed by atoms with E-state index in [0.717, 1.165) is 5.56 Å². The molecule has 3 rings (SSSR count). The van der Waals surface area contributed by atoms with Gasteiger partial charge in [-0.3, -0.25) is 4.79 Å². The molecule has 0 saturated heterocycles. The highest BCUT2D eigenvalue weighted by molar-refractivity contribution is 6.35. The number of para-hydroxylation sites is 1. The Balaban J connectivity index is 1.93. The third kappa shape index (κ3) is 4.27. The number of ether oxygens (including phenoxy) is 1. The predicted octanol–water partition coefficient (Wildman–Crippen LogP) is 5.32. The monoisotopic (exact) mass is 352 g/mol. The van der Waals surface area contributed by atoms with E-state index in [2.05, 4.69) is 4.65 Å². The summed E-state index contributed by atoms with van der Waals surface area (Å²) in [5.74, 6) is 0.228. The molecule has 26 heavy (non-hydrogen) atoms. The van der Waals surface area contributed by atoms with Crippen LogP contribution in [0.1, 0.15) is 21.5 Å². The van der Waals surface area contributed by atoms with Gasteiger partial charge in [0.25, 0.3) is 0 Å². The van der Waals surface area contributed by atoms with Crippen LogP contribution in [0.25, 0.3) is 0 Å². The lowest BCUT2D eigenvalue weighted by Gasteiger charge is -2.12. The summed E-state index contributed by atoms with van der Waals surface area (Å²) < 4.78 is 35.8. The first kappa shape index (κ1) is 17.7. The van der Waals surface area contributed by atoms with Gasteiger partial charge in [-0.1, -0.05) is 48.0 Å². The normalized spacial score (nSPS) is 10.3. The highest BCUT2D eigenvalue weighted by Gasteiger charge is 2.23. The van der Waals surface area contributed by atoms with Crippen LogP contribution >= 0.6 is 0 Å². The molecule has 0 aromatic heterocycles. The standard InChI is InChI=1S/C20H15BF2O3/c1-14-7-9-15(10-8-14)20(24)18-12-11-17(13-19(18)26-21(22)23)25-16-5-3-2-4-6-16/h2-13H,1H3. The van der Waals surface area contributed by atoms with Crippen LogP contribution in [-0.4, -0.2) is 13.3 Å². The van der Waals surface area contributed by atoms with Gasteiger partial charge in [0.2, 0.25) is 0 Å². The molecule has 0 unspecified atom stereocenters. The van der Waals surface area contributed by atoms with Crippen molar-refractivity contribution in [1.82, 2.24) is 0 Å². The highest BCUT2D eigenvalue weighted by Crippen LogP contribution is 2.30. The Bertz CT molecular complexity index is 897. The van der Waals surface area contributed by atoms with Gasteiger partial charge in [-0.05, 0) is 31.2 Å². The van der Waals surface area contributed by atoms with Crippen LogP contribution in [0.4, 0.5) is 8.63 Å². The topological polar surface area (TPSA) is 35.5 Å². The largest absolute Gasteiger partial charge is 0.796 e. The third-order valence-electron chi connectivity index (χ3n) is 3.71. The molecule has 3 nitrogen and oxygen atoms in total. The van der Waals surface area contributed by atoms with Crippen molar-refractivity contribution in [2.75, 3.05) is 0 Å². The zero-order valence-electron chi connectivity index (χ0n) is 14.0. The number of benzene rings is 3. The number of carbonyl (C=O) groups excluding carboxylic acids is 1. The molecule has 3 aromatic carbocycles. The zero-order valence-corrected chi connectivity index (χ0v) is 14.0. The van der Waals surface area contributed by atoms with E-state index in [1.165, 1.54) is 12.1 Å². The maximum Gasteiger partial charge on any atom is 0.796 e. The first-order chi connectivity index (χ1) is 12.5. The molecular formula is C20H15BF2O3. The molecule has 0 atom stereocenters. The van der Waals surface area contributed by atoms with Crippen molar-refractivity contribution in [3.8, 4) is 17.2 Å². The number of ketones is 1. The second-order valence-electron chi connectivity index (χ2n) is 5.65. The maximum absolute atomic E-state index is 12.8. The minimum absolute atomic E-state index is 0.0505. The van der Waals surface area contributed by atoms with E-state index < -0.39 is 13.3 Å². The molecule has 0 aliphatic carbocycles. The Kier molecular flexibility index (Phi) is 5.32. The lowest BCUT2D eigenvalue weighted by molar-refractivity contribution is 0.103. The summed E-state index contributed by atoms with van der Waals surface area (Å²) >= 11 is 0. The van der Waals surface area contributed by atoms with E-state index in [0.29, 0.717) is 17.1 Å². The Morgan fingerprint density at radius 1 is 0.885 bits per heavy atom. The highest BCUT2D eigenvalue weighted by atomic mass is 19.2. The van der Waals surface area contributed by atoms with E-state index in [1.54, 1.807) is 54.6 Å². The maximum atomic E-state index is 12.8. The Hall–Kier alpha value is -3.15. The van der Waals surface area contributed by atoms with Gasteiger partial charge in [0.05, 0.1) is 5.56 Å². The average molecular weight is 352 g/mol. The van der Waals surface area contributed by atoms with Crippen molar-refractivity contribution in [2.24, 2.45) is 0 Å². The molecular weight excluding hydrogens is 337 g/mol. The summed E-state index contributed by atoms with van der Waals surface area (Å²) in [5, 5.41) is 0. The summed E-state index contributed by atoms with van der Waals surface area (Å²) in [6.45, 7) is 1.90. The van der Waals surface area contributed by atoms with Crippen LogP contribution in [0.15, 0.2) is 72.8 Å². The summed E-state index contributed by atoms with van der Waals surface area (Å²) in [5.41, 5.74) is 1.44. The fourth-order valence-electron chi connectivity index (χ4n) is 2.43. The molecule has 0 spiro atoms. The van der Waals surface area contributed by atoms with Crippen LogP contribution in [0.2, 0.25) is 0 Å². The lowest BCUT2D eigenvalue weighted by atomic mass is 10.0. The first-order valence-electron chi connectivity index (χ1n) is 7.96. The Morgan fingerprint density at radius 3 is 2.23 bits per heavy atom. The number of hydrogen-bond acceptors (Lipinski definition) is 3. The molecule has 3 aromatic rings. The zero-order chi connectivity index (χ0) is 18.5. The van der Waals surface area contributed by atoms with E-state index in [4.69, 9.17) is 4.74 Å². The summed E-state index contributed by atoms with van der Waals surface area (Å²) in [4.78, 5) is 12.7. The van der Waals surface area contributed by atoms with Crippen molar-refractivity contribution in [1.29, 1.82) is 0 Å². The molecule has 130 valence electrons. The molecule has 6 heteroatoms. The van der Waals surface area contributed by atoms with Gasteiger partial charge in [-0.15, -0.1) is 0 Å². The van der Waals surface area contributed by atoms with E-state index in [9.17, 15) is 13.4 Å². The van der Waals surface area contributed by atoms with Crippen molar-refractivity contribution in [2.45, 2.75) is 6.92 Å². The van der Waals surface area contributed by atoms with Gasteiger partial charge in [-0.25, -0.2) is 8.63 Å². The van der Waals surface area contributed by atoms with Gasteiger partial charge in [-0.2, -0.15) is 0 Å². The Labute approximate surface area is 150 Å². The summed E-state index contributed by atoms with van der Waals surface area (Å²) in [7, 11) is -3.05. The second kappa shape index (κ2) is 7.82. The van der Waals surface area contributed by atoms with Crippen molar-refractivity contribution in [3.63, 3.8) is 0 Å². The van der Waals surface area contributed by atoms with Crippen LogP contribution in [-0.2, 0) is 0 Å². The number of carbonyl (C=O) groups is 1. The first-order valence-corrected chi connectivity index (χ1v) is 7.96. The van der Waals surface area contributed by atoms with E-state index in [1.807, 2.05) is 13.0 Å². The molecule has 0 bridgehead atoms. The van der Waals surface area contributed by atoms with Crippen LogP contribution in [0.3, 0.4) is 0 Å². The van der Waals surface area contributed by atoms with Gasteiger partial charge in [0.1, 0.15) is 17.2 Å². The minimum atomic E-state index is -3.05. The minimum Gasteiger partial charge on any atom is -0.504 e. The molecule has 0 N–H and O–H groups in total. The van der Waals surface area contributed by atoms with Crippen molar-refractivity contribution >= 4 is 13.3 Å². The van der Waals surface area contributed by atoms with Gasteiger partial charge < -0.3 is 9.39 Å². The van der Waals surface area contributed by atoms with Crippen molar-refractivity contribution < 1.29 is 22.8 Å². The van der Waals surface area contributed by atoms with Crippen LogP contribution in [0.5, 0.6) is 17.2 Å². The van der Waals surface area contributed by atoms with Gasteiger partial charge in [0.15, 0.2) is 5.78 Å². The summed E-state index contributed by atoms with van der Waals surface area (Å²) in [6, 6.07) is 20.0. The molecule has 0 radical (unpaired) electrons. The fraction of sp³-hybridized carbons (Fsp3) is 0.0500. The molecule has 0 aliphatic heterocycles. The molecule has 0 amide bonds. The summed E-state index contributed by atoms with van der Waals surface area (Å²) in [6.07, 6.45) is 0. The Morgan fingerprint density at radius 2 is 1.58 bits per heavy atom. The number of rotatable bonds is 6. The SMILES string of the molecule is Cc1ccc(C(=O)c2ccc(Oc3ccccc3)cc2OB(F)F)cc1. The van der Waals surface area contributed by atoms with Crippen molar-refractivity contribution in [3.05, 3.63) is 89.5 Å². The molecule has 0 saturated carbocycles. The lowest BCUT2D eigenvalue weighted by Crippen LogP contribution is -2.12. The van der Waals surface area contributed by atoms with E-state index >= 15 is 0 Å². The number of aryl methyl sites for hydroxylation is 1. The molecule has 0 heterocycles. The van der Waals surface area contributed by atoms with E-state index in [-0.39, 0.29) is 11.3 Å². The third-order valence-corrected chi connectivity index (χ3v) is 3.71. The van der Waals surface area contributed by atoms with Gasteiger partial charge in [0, 0.05) is 11.6 Å². The van der Waals surface area contributed by atoms with Crippen LogP contribution < -0.4 is 9.39 Å². The smallest absolute Gasteiger partial charge is 0.504 e. The average Bonchev–Trinajstić information content (AvgIpc) is 2.62.